The van der Waals surface area contributed by atoms with Crippen molar-refractivity contribution >= 4 is 56.7 Å². The van der Waals surface area contributed by atoms with Gasteiger partial charge in [-0.3, -0.25) is 0 Å². The Morgan fingerprint density at radius 3 is 1.75 bits per heavy atom. The third-order valence-electron chi connectivity index (χ3n) is 3.99. The molecule has 9 heteroatoms. The molecule has 0 aliphatic carbocycles. The predicted molar refractivity (Wildman–Crippen MR) is 128 cm³/mol. The van der Waals surface area contributed by atoms with E-state index in [1.165, 1.54) is 0 Å². The molecule has 0 saturated carbocycles. The van der Waals surface area contributed by atoms with E-state index in [1.54, 1.807) is 20.8 Å². The van der Waals surface area contributed by atoms with E-state index in [1.807, 2.05) is 60.7 Å². The van der Waals surface area contributed by atoms with Crippen LogP contribution in [-0.2, 0) is 14.3 Å². The van der Waals surface area contributed by atoms with E-state index >= 15 is 0 Å². The first-order valence-electron chi connectivity index (χ1n) is 10.1. The van der Waals surface area contributed by atoms with Crippen LogP contribution in [0.2, 0.25) is 10.6 Å². The summed E-state index contributed by atoms with van der Waals surface area (Å²) < 4.78 is 7.52. The SMILES string of the molecule is CC(C)(C)OC(=O)N[C@@H](C[Se]c1ccccc1)C(=O)N[C@@H](C[Se]c1ccccc1)C(N)=O. The van der Waals surface area contributed by atoms with Gasteiger partial charge < -0.3 is 0 Å². The van der Waals surface area contributed by atoms with Gasteiger partial charge in [-0.1, -0.05) is 0 Å². The molecule has 0 unspecified atom stereocenters. The summed E-state index contributed by atoms with van der Waals surface area (Å²) in [6, 6.07) is 17.9. The molecule has 172 valence electrons. The van der Waals surface area contributed by atoms with E-state index in [9.17, 15) is 14.4 Å². The average Bonchev–Trinajstić information content (AvgIpc) is 2.73. The summed E-state index contributed by atoms with van der Waals surface area (Å²) in [7, 11) is 0. The fraction of sp³-hybridized carbons (Fsp3) is 0.348. The van der Waals surface area contributed by atoms with E-state index in [4.69, 9.17) is 10.5 Å². The Morgan fingerprint density at radius 1 is 0.844 bits per heavy atom. The number of benzene rings is 2. The van der Waals surface area contributed by atoms with Gasteiger partial charge in [-0.15, -0.1) is 0 Å². The molecule has 0 aliphatic rings. The topological polar surface area (TPSA) is 111 Å². The van der Waals surface area contributed by atoms with Crippen LogP contribution in [0.1, 0.15) is 20.8 Å². The molecule has 2 rings (SSSR count). The molecule has 2 aromatic carbocycles. The molecule has 0 aromatic heterocycles. The number of nitrogens with two attached hydrogens (primary N) is 1. The zero-order valence-electron chi connectivity index (χ0n) is 18.4. The molecule has 0 bridgehead atoms. The molecule has 0 saturated heterocycles. The molecule has 3 amide bonds. The molecular weight excluding hydrogens is 540 g/mol. The molecule has 0 spiro atoms. The van der Waals surface area contributed by atoms with E-state index < -0.39 is 35.6 Å². The second kappa shape index (κ2) is 12.7. The molecular formula is C23H29N3O4Se2. The van der Waals surface area contributed by atoms with Gasteiger partial charge in [0.1, 0.15) is 0 Å². The average molecular weight is 569 g/mol. The number of hydrogen-bond donors (Lipinski definition) is 3. The summed E-state index contributed by atoms with van der Waals surface area (Å²) >= 11 is -0.0925. The number of primary amides is 1. The van der Waals surface area contributed by atoms with Crippen LogP contribution in [0, 0.1) is 0 Å². The zero-order chi connectivity index (χ0) is 23.6. The number of carbonyl (C=O) groups is 3. The van der Waals surface area contributed by atoms with Crippen LogP contribution < -0.4 is 25.3 Å². The zero-order valence-corrected chi connectivity index (χ0v) is 21.8. The minimum absolute atomic E-state index is 0.0314. The van der Waals surface area contributed by atoms with Crippen molar-refractivity contribution in [2.45, 2.75) is 49.1 Å². The second-order valence-corrected chi connectivity index (χ2v) is 12.5. The fourth-order valence-corrected chi connectivity index (χ4v) is 6.48. The minimum atomic E-state index is -0.837. The molecule has 4 N–H and O–H groups in total. The monoisotopic (exact) mass is 571 g/mol. The number of hydrogen-bond acceptors (Lipinski definition) is 4. The van der Waals surface area contributed by atoms with Crippen molar-refractivity contribution in [2.75, 3.05) is 0 Å². The summed E-state index contributed by atoms with van der Waals surface area (Å²) in [6.45, 7) is 5.26. The molecule has 0 radical (unpaired) electrons. The number of nitrogens with one attached hydrogen (secondary N) is 2. The number of ether oxygens (including phenoxy) is 1. The van der Waals surface area contributed by atoms with Gasteiger partial charge in [0, 0.05) is 0 Å². The maximum absolute atomic E-state index is 13.0. The Balaban J connectivity index is 2.05. The van der Waals surface area contributed by atoms with Crippen LogP contribution in [0.3, 0.4) is 0 Å². The van der Waals surface area contributed by atoms with Gasteiger partial charge >= 0.3 is 202 Å². The van der Waals surface area contributed by atoms with Crippen molar-refractivity contribution in [1.82, 2.24) is 10.6 Å². The van der Waals surface area contributed by atoms with E-state index in [0.717, 1.165) is 8.92 Å². The van der Waals surface area contributed by atoms with Gasteiger partial charge in [0.2, 0.25) is 0 Å². The predicted octanol–water partition coefficient (Wildman–Crippen LogP) is 0.746. The third-order valence-corrected chi connectivity index (χ3v) is 8.63. The Morgan fingerprint density at radius 2 is 1.31 bits per heavy atom. The van der Waals surface area contributed by atoms with E-state index in [-0.39, 0.29) is 29.9 Å². The van der Waals surface area contributed by atoms with Crippen molar-refractivity contribution in [2.24, 2.45) is 5.73 Å². The van der Waals surface area contributed by atoms with Gasteiger partial charge in [0.05, 0.1) is 0 Å². The number of rotatable bonds is 10. The second-order valence-electron chi connectivity index (χ2n) is 7.91. The first-order chi connectivity index (χ1) is 15.1. The number of alkyl carbamates (subject to hydrolysis) is 1. The summed E-state index contributed by atoms with van der Waals surface area (Å²) in [5.41, 5.74) is 4.86. The molecule has 2 atom stereocenters. The fourth-order valence-electron chi connectivity index (χ4n) is 2.49. The number of amides is 3. The summed E-state index contributed by atoms with van der Waals surface area (Å²) in [5, 5.41) is 6.24. The molecule has 2 aromatic rings. The normalized spacial score (nSPS) is 13.0. The van der Waals surface area contributed by atoms with Gasteiger partial charge in [-0.05, 0) is 0 Å². The van der Waals surface area contributed by atoms with Crippen LogP contribution in [0.25, 0.3) is 0 Å². The summed E-state index contributed by atoms with van der Waals surface area (Å²) in [6.07, 6.45) is -0.675. The Labute approximate surface area is 201 Å². The van der Waals surface area contributed by atoms with E-state index in [0.29, 0.717) is 10.6 Å². The maximum atomic E-state index is 13.0. The van der Waals surface area contributed by atoms with Crippen LogP contribution in [0.4, 0.5) is 4.79 Å². The Bertz CT molecular complexity index is 889. The Hall–Kier alpha value is -2.31. The van der Waals surface area contributed by atoms with Gasteiger partial charge in [-0.25, -0.2) is 0 Å². The quantitative estimate of drug-likeness (QED) is 0.367. The molecule has 0 heterocycles. The molecule has 0 aliphatic heterocycles. The van der Waals surface area contributed by atoms with Crippen molar-refractivity contribution in [1.29, 1.82) is 0 Å². The standard InChI is InChI=1S/C23H29N3O4Se2/c1-23(2,3)30-22(29)26-19(15-32-17-12-8-5-9-13-17)21(28)25-18(20(24)27)14-31-16-10-6-4-7-11-16/h4-13,18-19H,14-15H2,1-3H3,(H2,24,27)(H,25,28)(H,26,29)/t18-,19-/m0/s1. The van der Waals surface area contributed by atoms with E-state index in [2.05, 4.69) is 10.6 Å². The summed E-state index contributed by atoms with van der Waals surface area (Å²) in [5.74, 6) is -1.04. The first-order valence-corrected chi connectivity index (χ1v) is 14.2. The molecule has 32 heavy (non-hydrogen) atoms. The van der Waals surface area contributed by atoms with Crippen molar-refractivity contribution < 1.29 is 19.1 Å². The molecule has 7 nitrogen and oxygen atoms in total. The van der Waals surface area contributed by atoms with Crippen molar-refractivity contribution in [3.05, 3.63) is 60.7 Å². The first kappa shape index (κ1) is 25.9. The van der Waals surface area contributed by atoms with Crippen LogP contribution >= 0.6 is 0 Å². The summed E-state index contributed by atoms with van der Waals surface area (Å²) in [4.78, 5) is 37.3. The number of carbonyl (C=O) groups excluding carboxylic acids is 3. The van der Waals surface area contributed by atoms with Crippen LogP contribution in [-0.4, -0.2) is 65.5 Å². The van der Waals surface area contributed by atoms with Crippen LogP contribution in [0.5, 0.6) is 0 Å². The van der Waals surface area contributed by atoms with Gasteiger partial charge in [-0.2, -0.15) is 0 Å². The van der Waals surface area contributed by atoms with Gasteiger partial charge in [0.25, 0.3) is 0 Å². The molecule has 0 fully saturated rings. The van der Waals surface area contributed by atoms with Crippen molar-refractivity contribution in [3.8, 4) is 0 Å². The van der Waals surface area contributed by atoms with Crippen LogP contribution in [0.15, 0.2) is 60.7 Å². The van der Waals surface area contributed by atoms with Crippen molar-refractivity contribution in [3.63, 3.8) is 0 Å². The third kappa shape index (κ3) is 9.88. The van der Waals surface area contributed by atoms with Gasteiger partial charge in [0.15, 0.2) is 0 Å². The Kier molecular flexibility index (Phi) is 10.3.